The summed E-state index contributed by atoms with van der Waals surface area (Å²) in [7, 11) is 0. The lowest BCUT2D eigenvalue weighted by atomic mass is 10.1. The molecule has 1 aromatic carbocycles. The zero-order valence-electron chi connectivity index (χ0n) is 11.6. The molecule has 0 saturated carbocycles. The third kappa shape index (κ3) is 3.14. The molecule has 2 nitrogen and oxygen atoms in total. The monoisotopic (exact) mass is 256 g/mol. The molecule has 0 radical (unpaired) electrons. The average Bonchev–Trinajstić information content (AvgIpc) is 2.85. The van der Waals surface area contributed by atoms with Crippen LogP contribution in [-0.2, 0) is 6.42 Å². The first-order chi connectivity index (χ1) is 9.26. The van der Waals surface area contributed by atoms with E-state index in [1.54, 1.807) is 0 Å². The maximum Gasteiger partial charge on any atom is 0.198 e. The van der Waals surface area contributed by atoms with Crippen LogP contribution in [0.2, 0.25) is 0 Å². The predicted molar refractivity (Wildman–Crippen MR) is 77.4 cm³/mol. The van der Waals surface area contributed by atoms with Crippen molar-refractivity contribution in [3.05, 3.63) is 47.7 Å². The van der Waals surface area contributed by atoms with Crippen LogP contribution in [0.25, 0.3) is 11.3 Å². The van der Waals surface area contributed by atoms with Crippen molar-refractivity contribution < 1.29 is 9.21 Å². The minimum atomic E-state index is 0.119. The number of aryl methyl sites for hydroxylation is 1. The van der Waals surface area contributed by atoms with E-state index in [2.05, 4.69) is 6.92 Å². The van der Waals surface area contributed by atoms with Crippen LogP contribution in [0.15, 0.2) is 40.8 Å². The molecule has 2 heteroatoms. The molecular weight excluding hydrogens is 236 g/mol. The lowest BCUT2D eigenvalue weighted by Gasteiger charge is -1.99. The number of hydrogen-bond donors (Lipinski definition) is 0. The number of benzene rings is 1. The normalized spacial score (nSPS) is 10.6. The summed E-state index contributed by atoms with van der Waals surface area (Å²) in [6, 6.07) is 11.9. The van der Waals surface area contributed by atoms with E-state index in [9.17, 15) is 4.79 Å². The molecule has 0 fully saturated rings. The second kappa shape index (κ2) is 6.37. The Labute approximate surface area is 114 Å². The van der Waals surface area contributed by atoms with Crippen molar-refractivity contribution >= 4 is 5.78 Å². The van der Waals surface area contributed by atoms with E-state index < -0.39 is 0 Å². The number of hydrogen-bond acceptors (Lipinski definition) is 2. The van der Waals surface area contributed by atoms with Crippen LogP contribution in [0.5, 0.6) is 0 Å². The first kappa shape index (κ1) is 13.6. The molecule has 1 heterocycles. The maximum absolute atomic E-state index is 12.1. The van der Waals surface area contributed by atoms with E-state index in [0.29, 0.717) is 12.2 Å². The van der Waals surface area contributed by atoms with Gasteiger partial charge in [0.25, 0.3) is 0 Å². The summed E-state index contributed by atoms with van der Waals surface area (Å²) in [5, 5.41) is 0. The third-order valence-electron chi connectivity index (χ3n) is 3.12. The van der Waals surface area contributed by atoms with Gasteiger partial charge in [0.1, 0.15) is 5.76 Å². The van der Waals surface area contributed by atoms with Gasteiger partial charge in [0.15, 0.2) is 11.5 Å². The largest absolute Gasteiger partial charge is 0.453 e. The quantitative estimate of drug-likeness (QED) is 0.689. The van der Waals surface area contributed by atoms with Crippen molar-refractivity contribution in [3.8, 4) is 11.3 Å². The van der Waals surface area contributed by atoms with Crippen LogP contribution in [0.1, 0.15) is 49.2 Å². The highest BCUT2D eigenvalue weighted by atomic mass is 16.3. The maximum atomic E-state index is 12.1. The van der Waals surface area contributed by atoms with E-state index >= 15 is 0 Å². The molecule has 0 aliphatic carbocycles. The zero-order chi connectivity index (χ0) is 13.7. The molecule has 0 aliphatic heterocycles. The third-order valence-corrected chi connectivity index (χ3v) is 3.12. The smallest absolute Gasteiger partial charge is 0.198 e. The van der Waals surface area contributed by atoms with Crippen molar-refractivity contribution in [3.63, 3.8) is 0 Å². The molecule has 0 amide bonds. The van der Waals surface area contributed by atoms with Gasteiger partial charge in [-0.05, 0) is 18.9 Å². The highest BCUT2D eigenvalue weighted by molar-refractivity contribution is 5.95. The van der Waals surface area contributed by atoms with Crippen LogP contribution in [-0.4, -0.2) is 5.78 Å². The number of rotatable bonds is 6. The van der Waals surface area contributed by atoms with Gasteiger partial charge in [-0.25, -0.2) is 0 Å². The molecule has 19 heavy (non-hydrogen) atoms. The molecule has 0 saturated heterocycles. The molecular formula is C17H20O2. The van der Waals surface area contributed by atoms with E-state index in [4.69, 9.17) is 4.42 Å². The van der Waals surface area contributed by atoms with Crippen molar-refractivity contribution in [2.75, 3.05) is 0 Å². The number of ketones is 1. The van der Waals surface area contributed by atoms with Gasteiger partial charge in [-0.3, -0.25) is 4.79 Å². The van der Waals surface area contributed by atoms with Gasteiger partial charge in [0, 0.05) is 17.5 Å². The lowest BCUT2D eigenvalue weighted by molar-refractivity contribution is 0.0954. The Morgan fingerprint density at radius 1 is 1.11 bits per heavy atom. The molecule has 100 valence electrons. The summed E-state index contributed by atoms with van der Waals surface area (Å²) >= 11 is 0. The van der Waals surface area contributed by atoms with Gasteiger partial charge in [0.2, 0.25) is 0 Å². The average molecular weight is 256 g/mol. The van der Waals surface area contributed by atoms with Crippen LogP contribution in [0.3, 0.4) is 0 Å². The summed E-state index contributed by atoms with van der Waals surface area (Å²) in [6.45, 7) is 4.13. The fourth-order valence-electron chi connectivity index (χ4n) is 2.21. The highest BCUT2D eigenvalue weighted by Gasteiger charge is 2.17. The number of carbonyl (C=O) groups excluding carboxylic acids is 1. The first-order valence-electron chi connectivity index (χ1n) is 6.97. The van der Waals surface area contributed by atoms with E-state index in [0.717, 1.165) is 36.1 Å². The Bertz CT molecular complexity index is 538. The minimum absolute atomic E-state index is 0.119. The molecule has 0 spiro atoms. The topological polar surface area (TPSA) is 30.2 Å². The molecule has 2 aromatic rings. The van der Waals surface area contributed by atoms with E-state index in [-0.39, 0.29) is 5.78 Å². The Hall–Kier alpha value is -1.83. The second-order valence-electron chi connectivity index (χ2n) is 4.75. The molecule has 2 rings (SSSR count). The van der Waals surface area contributed by atoms with Gasteiger partial charge in [-0.1, -0.05) is 50.6 Å². The fraction of sp³-hybridized carbons (Fsp3) is 0.353. The highest BCUT2D eigenvalue weighted by Crippen LogP contribution is 2.27. The SMILES string of the molecule is CCCC(=O)c1oc(-c2ccccc2)cc1CCC. The van der Waals surface area contributed by atoms with Gasteiger partial charge in [-0.15, -0.1) is 0 Å². The Morgan fingerprint density at radius 2 is 1.84 bits per heavy atom. The Morgan fingerprint density at radius 3 is 2.47 bits per heavy atom. The summed E-state index contributed by atoms with van der Waals surface area (Å²) in [6.07, 6.45) is 3.31. The number of furan rings is 1. The Kier molecular flexibility index (Phi) is 4.56. The molecule has 0 atom stereocenters. The number of carbonyl (C=O) groups is 1. The van der Waals surface area contributed by atoms with E-state index in [1.807, 2.05) is 43.3 Å². The fourth-order valence-corrected chi connectivity index (χ4v) is 2.21. The standard InChI is InChI=1S/C17H20O2/c1-3-8-14-12-16(13-10-6-5-7-11-13)19-17(14)15(18)9-4-2/h5-7,10-12H,3-4,8-9H2,1-2H3. The predicted octanol–water partition coefficient (Wildman–Crippen LogP) is 4.88. The molecule has 0 aliphatic rings. The van der Waals surface area contributed by atoms with Crippen molar-refractivity contribution in [2.24, 2.45) is 0 Å². The van der Waals surface area contributed by atoms with Gasteiger partial charge in [0.05, 0.1) is 0 Å². The summed E-state index contributed by atoms with van der Waals surface area (Å²) in [5.74, 6) is 1.47. The van der Waals surface area contributed by atoms with Crippen LogP contribution < -0.4 is 0 Å². The van der Waals surface area contributed by atoms with Crippen molar-refractivity contribution in [1.82, 2.24) is 0 Å². The van der Waals surface area contributed by atoms with Crippen LogP contribution in [0.4, 0.5) is 0 Å². The summed E-state index contributed by atoms with van der Waals surface area (Å²) in [4.78, 5) is 12.1. The molecule has 0 N–H and O–H groups in total. The van der Waals surface area contributed by atoms with Gasteiger partial charge in [-0.2, -0.15) is 0 Å². The summed E-state index contributed by atoms with van der Waals surface area (Å²) < 4.78 is 5.82. The van der Waals surface area contributed by atoms with E-state index in [1.165, 1.54) is 0 Å². The van der Waals surface area contributed by atoms with Gasteiger partial charge >= 0.3 is 0 Å². The van der Waals surface area contributed by atoms with Crippen molar-refractivity contribution in [2.45, 2.75) is 39.5 Å². The minimum Gasteiger partial charge on any atom is -0.453 e. The summed E-state index contributed by atoms with van der Waals surface area (Å²) in [5.41, 5.74) is 2.07. The van der Waals surface area contributed by atoms with Crippen LogP contribution >= 0.6 is 0 Å². The lowest BCUT2D eigenvalue weighted by Crippen LogP contribution is -2.00. The zero-order valence-corrected chi connectivity index (χ0v) is 11.6. The first-order valence-corrected chi connectivity index (χ1v) is 6.97. The van der Waals surface area contributed by atoms with Gasteiger partial charge < -0.3 is 4.42 Å². The molecule has 0 bridgehead atoms. The Balaban J connectivity index is 2.37. The molecule has 0 unspecified atom stereocenters. The molecule has 1 aromatic heterocycles. The second-order valence-corrected chi connectivity index (χ2v) is 4.75. The number of Topliss-reactive ketones (excluding diaryl/α,β-unsaturated/α-hetero) is 1. The van der Waals surface area contributed by atoms with Crippen molar-refractivity contribution in [1.29, 1.82) is 0 Å². The van der Waals surface area contributed by atoms with Crippen LogP contribution in [0, 0.1) is 0 Å².